The summed E-state index contributed by atoms with van der Waals surface area (Å²) in [5.41, 5.74) is 7.40. The van der Waals surface area contributed by atoms with Gasteiger partial charge in [-0.25, -0.2) is 4.79 Å². The van der Waals surface area contributed by atoms with E-state index in [-0.39, 0.29) is 6.61 Å². The van der Waals surface area contributed by atoms with Crippen LogP contribution in [0.15, 0.2) is 24.3 Å². The van der Waals surface area contributed by atoms with Gasteiger partial charge in [0, 0.05) is 0 Å². The molecule has 0 bridgehead atoms. The number of hydrogen-bond acceptors (Lipinski definition) is 4. The second kappa shape index (κ2) is 6.15. The van der Waals surface area contributed by atoms with Gasteiger partial charge in [-0.1, -0.05) is 36.8 Å². The molecule has 0 spiro atoms. The number of hydrogen-bond donors (Lipinski definition) is 1. The molecule has 17 heavy (non-hydrogen) atoms. The number of carbonyl (C=O) groups is 2. The first-order valence-corrected chi connectivity index (χ1v) is 5.56. The summed E-state index contributed by atoms with van der Waals surface area (Å²) in [6, 6.07) is 6.80. The molecule has 1 atom stereocenters. The fourth-order valence-electron chi connectivity index (χ4n) is 1.36. The molecule has 0 amide bonds. The van der Waals surface area contributed by atoms with E-state index in [2.05, 4.69) is 0 Å². The topological polar surface area (TPSA) is 69.4 Å². The van der Waals surface area contributed by atoms with Crippen molar-refractivity contribution in [1.29, 1.82) is 0 Å². The molecule has 0 aromatic heterocycles. The third kappa shape index (κ3) is 4.00. The number of ether oxygens (including phenoxy) is 1. The molecular formula is C13H17NO3. The zero-order chi connectivity index (χ0) is 12.8. The van der Waals surface area contributed by atoms with Gasteiger partial charge in [0.2, 0.25) is 0 Å². The van der Waals surface area contributed by atoms with E-state index in [1.54, 1.807) is 6.92 Å². The lowest BCUT2D eigenvalue weighted by Gasteiger charge is -2.08. The van der Waals surface area contributed by atoms with Gasteiger partial charge < -0.3 is 10.5 Å². The first-order chi connectivity index (χ1) is 8.04. The van der Waals surface area contributed by atoms with E-state index in [1.165, 1.54) is 0 Å². The van der Waals surface area contributed by atoms with Crippen LogP contribution >= 0.6 is 0 Å². The van der Waals surface area contributed by atoms with Gasteiger partial charge in [0.05, 0.1) is 6.04 Å². The Morgan fingerprint density at radius 2 is 2.12 bits per heavy atom. The Morgan fingerprint density at radius 1 is 1.41 bits per heavy atom. The van der Waals surface area contributed by atoms with Crippen LogP contribution in [0.25, 0.3) is 0 Å². The number of rotatable bonds is 5. The Balaban J connectivity index is 2.51. The van der Waals surface area contributed by atoms with Crippen molar-refractivity contribution in [3.05, 3.63) is 35.4 Å². The van der Waals surface area contributed by atoms with E-state index in [9.17, 15) is 9.59 Å². The minimum absolute atomic E-state index is 0.0999. The van der Waals surface area contributed by atoms with Crippen molar-refractivity contribution in [1.82, 2.24) is 0 Å². The molecule has 2 N–H and O–H groups in total. The van der Waals surface area contributed by atoms with Crippen molar-refractivity contribution in [2.75, 3.05) is 0 Å². The Kier molecular flexibility index (Phi) is 4.84. The Labute approximate surface area is 101 Å². The molecule has 1 rings (SSSR count). The molecule has 0 aliphatic heterocycles. The van der Waals surface area contributed by atoms with E-state index < -0.39 is 17.8 Å². The highest BCUT2D eigenvalue weighted by Gasteiger charge is 2.21. The molecule has 0 fully saturated rings. The highest BCUT2D eigenvalue weighted by atomic mass is 16.5. The molecular weight excluding hydrogens is 218 g/mol. The van der Waals surface area contributed by atoms with Crippen LogP contribution in [0.5, 0.6) is 0 Å². The van der Waals surface area contributed by atoms with Crippen LogP contribution in [0.4, 0.5) is 0 Å². The molecule has 0 saturated heterocycles. The molecule has 0 saturated carbocycles. The van der Waals surface area contributed by atoms with E-state index in [0.717, 1.165) is 11.1 Å². The second-order valence-electron chi connectivity index (χ2n) is 3.94. The Morgan fingerprint density at radius 3 is 2.71 bits per heavy atom. The van der Waals surface area contributed by atoms with Crippen molar-refractivity contribution in [2.45, 2.75) is 32.9 Å². The predicted octanol–water partition coefficient (Wildman–Crippen LogP) is 1.34. The normalized spacial score (nSPS) is 11.9. The molecule has 1 aromatic carbocycles. The van der Waals surface area contributed by atoms with Crippen molar-refractivity contribution in [3.63, 3.8) is 0 Å². The minimum Gasteiger partial charge on any atom is -0.455 e. The Hall–Kier alpha value is -1.68. The van der Waals surface area contributed by atoms with E-state index in [4.69, 9.17) is 10.5 Å². The van der Waals surface area contributed by atoms with Crippen molar-refractivity contribution >= 4 is 11.8 Å². The van der Waals surface area contributed by atoms with Crippen molar-refractivity contribution in [3.8, 4) is 0 Å². The molecule has 4 heteroatoms. The van der Waals surface area contributed by atoms with Crippen molar-refractivity contribution in [2.24, 2.45) is 5.73 Å². The highest BCUT2D eigenvalue weighted by Crippen LogP contribution is 2.05. The van der Waals surface area contributed by atoms with Crippen molar-refractivity contribution < 1.29 is 14.3 Å². The smallest absolute Gasteiger partial charge is 0.376 e. The minimum atomic E-state index is -0.860. The summed E-state index contributed by atoms with van der Waals surface area (Å²) >= 11 is 0. The molecule has 1 unspecified atom stereocenters. The summed E-state index contributed by atoms with van der Waals surface area (Å²) < 4.78 is 4.90. The first-order valence-electron chi connectivity index (χ1n) is 5.56. The lowest BCUT2D eigenvalue weighted by Crippen LogP contribution is -2.36. The maximum Gasteiger partial charge on any atom is 0.376 e. The lowest BCUT2D eigenvalue weighted by molar-refractivity contribution is -0.155. The van der Waals surface area contributed by atoms with Crippen LogP contribution < -0.4 is 5.73 Å². The number of nitrogens with two attached hydrogens (primary N) is 1. The number of ketones is 1. The molecule has 0 aliphatic rings. The monoisotopic (exact) mass is 235 g/mol. The first kappa shape index (κ1) is 13.4. The molecule has 0 radical (unpaired) electrons. The van der Waals surface area contributed by atoms with Gasteiger partial charge in [-0.05, 0) is 18.9 Å². The van der Waals surface area contributed by atoms with Gasteiger partial charge in [-0.2, -0.15) is 0 Å². The molecule has 92 valence electrons. The van der Waals surface area contributed by atoms with Gasteiger partial charge in [0.1, 0.15) is 6.61 Å². The molecule has 0 heterocycles. The summed E-state index contributed by atoms with van der Waals surface area (Å²) in [6.45, 7) is 3.79. The predicted molar refractivity (Wildman–Crippen MR) is 64.2 cm³/mol. The summed E-state index contributed by atoms with van der Waals surface area (Å²) in [5, 5.41) is 0. The fourth-order valence-corrected chi connectivity index (χ4v) is 1.36. The second-order valence-corrected chi connectivity index (χ2v) is 3.94. The van der Waals surface area contributed by atoms with Crippen LogP contribution in [0.3, 0.4) is 0 Å². The number of aryl methyl sites for hydroxylation is 1. The van der Waals surface area contributed by atoms with Crippen LogP contribution in [0.1, 0.15) is 24.5 Å². The van der Waals surface area contributed by atoms with Crippen LogP contribution in [0, 0.1) is 6.92 Å². The third-order valence-corrected chi connectivity index (χ3v) is 2.43. The molecule has 4 nitrogen and oxygen atoms in total. The molecule has 0 aliphatic carbocycles. The SMILES string of the molecule is CCC(N)C(=O)C(=O)OCc1cccc(C)c1. The fraction of sp³-hybridized carbons (Fsp3) is 0.385. The summed E-state index contributed by atoms with van der Waals surface area (Å²) in [5.74, 6) is -1.53. The van der Waals surface area contributed by atoms with Gasteiger partial charge in [0.25, 0.3) is 5.78 Å². The van der Waals surface area contributed by atoms with E-state index in [1.807, 2.05) is 31.2 Å². The zero-order valence-electron chi connectivity index (χ0n) is 10.1. The number of carbonyl (C=O) groups excluding carboxylic acids is 2. The average molecular weight is 235 g/mol. The van der Waals surface area contributed by atoms with Crippen LogP contribution in [-0.4, -0.2) is 17.8 Å². The standard InChI is InChI=1S/C13H17NO3/c1-3-11(14)12(15)13(16)17-8-10-6-4-5-9(2)7-10/h4-7,11H,3,8,14H2,1-2H3. The van der Waals surface area contributed by atoms with E-state index in [0.29, 0.717) is 6.42 Å². The van der Waals surface area contributed by atoms with Gasteiger partial charge in [-0.15, -0.1) is 0 Å². The van der Waals surface area contributed by atoms with Crippen LogP contribution in [-0.2, 0) is 20.9 Å². The maximum absolute atomic E-state index is 11.4. The lowest BCUT2D eigenvalue weighted by atomic mass is 10.1. The van der Waals surface area contributed by atoms with Gasteiger partial charge in [-0.3, -0.25) is 4.79 Å². The molecule has 1 aromatic rings. The van der Waals surface area contributed by atoms with Crippen LogP contribution in [0.2, 0.25) is 0 Å². The number of esters is 1. The number of Topliss-reactive ketones (excluding diaryl/α,β-unsaturated/α-hetero) is 1. The van der Waals surface area contributed by atoms with Gasteiger partial charge in [0.15, 0.2) is 0 Å². The maximum atomic E-state index is 11.4. The van der Waals surface area contributed by atoms with Gasteiger partial charge >= 0.3 is 5.97 Å². The zero-order valence-corrected chi connectivity index (χ0v) is 10.1. The Bertz CT molecular complexity index is 415. The highest BCUT2D eigenvalue weighted by molar-refractivity contribution is 6.35. The average Bonchev–Trinajstić information content (AvgIpc) is 2.34. The summed E-state index contributed by atoms with van der Waals surface area (Å²) in [4.78, 5) is 22.7. The third-order valence-electron chi connectivity index (χ3n) is 2.43. The summed E-state index contributed by atoms with van der Waals surface area (Å²) in [6.07, 6.45) is 0.429. The van der Waals surface area contributed by atoms with E-state index >= 15 is 0 Å². The largest absolute Gasteiger partial charge is 0.455 e. The quantitative estimate of drug-likeness (QED) is 0.617. The summed E-state index contributed by atoms with van der Waals surface area (Å²) in [7, 11) is 0. The number of benzene rings is 1.